The van der Waals surface area contributed by atoms with Gasteiger partial charge in [0, 0.05) is 19.6 Å². The Balaban J connectivity index is 1.70. The summed E-state index contributed by atoms with van der Waals surface area (Å²) in [6.07, 6.45) is 8.04. The van der Waals surface area contributed by atoms with Crippen LogP contribution in [-0.4, -0.2) is 40.4 Å². The summed E-state index contributed by atoms with van der Waals surface area (Å²) in [6.45, 7) is 5.63. The fourth-order valence-corrected chi connectivity index (χ4v) is 3.29. The molecule has 1 unspecified atom stereocenters. The summed E-state index contributed by atoms with van der Waals surface area (Å²) in [4.78, 5) is 14.3. The molecule has 2 heterocycles. The molecule has 21 heavy (non-hydrogen) atoms. The molecule has 1 aliphatic rings. The number of rotatable bonds is 6. The van der Waals surface area contributed by atoms with Crippen LogP contribution in [-0.2, 0) is 7.05 Å². The van der Waals surface area contributed by atoms with Gasteiger partial charge in [-0.15, -0.1) is 0 Å². The summed E-state index contributed by atoms with van der Waals surface area (Å²) in [5.41, 5.74) is 0.673. The number of likely N-dealkylation sites (tertiary alicyclic amines) is 1. The molecule has 0 spiro atoms. The van der Waals surface area contributed by atoms with Crippen LogP contribution in [0.5, 0.6) is 0 Å². The second-order valence-electron chi connectivity index (χ2n) is 5.82. The van der Waals surface area contributed by atoms with Gasteiger partial charge in [-0.1, -0.05) is 6.42 Å². The molecule has 118 valence electrons. The molecular weight excluding hydrogens is 332 g/mol. The number of halogens is 1. The van der Waals surface area contributed by atoms with Gasteiger partial charge in [0.2, 0.25) is 0 Å². The minimum Gasteiger partial charge on any atom is -0.383 e. The molecule has 0 bridgehead atoms. The zero-order valence-corrected chi connectivity index (χ0v) is 14.5. The molecule has 1 N–H and O–H groups in total. The standard InChI is InChI=1S/C15H25BrN4O/c1-12-7-3-5-9-20(12)10-6-4-8-17-13-11-18-19(2)15(21)14(13)16/h11-12,17H,3-10H2,1-2H3. The van der Waals surface area contributed by atoms with Crippen molar-refractivity contribution in [3.8, 4) is 0 Å². The molecule has 0 saturated carbocycles. The maximum absolute atomic E-state index is 11.7. The lowest BCUT2D eigenvalue weighted by atomic mass is 10.0. The average molecular weight is 357 g/mol. The quantitative estimate of drug-likeness (QED) is 0.796. The first-order valence-corrected chi connectivity index (χ1v) is 8.58. The van der Waals surface area contributed by atoms with Crippen molar-refractivity contribution in [2.45, 2.75) is 45.1 Å². The van der Waals surface area contributed by atoms with Crippen molar-refractivity contribution in [1.82, 2.24) is 14.7 Å². The van der Waals surface area contributed by atoms with Crippen LogP contribution in [0.4, 0.5) is 5.69 Å². The van der Waals surface area contributed by atoms with E-state index in [1.165, 1.54) is 43.5 Å². The average Bonchev–Trinajstić information content (AvgIpc) is 2.48. The molecule has 0 radical (unpaired) electrons. The Kier molecular flexibility index (Phi) is 6.23. The van der Waals surface area contributed by atoms with Crippen molar-refractivity contribution < 1.29 is 0 Å². The summed E-state index contributed by atoms with van der Waals surface area (Å²) in [5, 5.41) is 7.31. The van der Waals surface area contributed by atoms with E-state index in [9.17, 15) is 4.79 Å². The van der Waals surface area contributed by atoms with Crippen LogP contribution in [0.15, 0.2) is 15.5 Å². The second kappa shape index (κ2) is 7.94. The number of anilines is 1. The van der Waals surface area contributed by atoms with E-state index in [0.29, 0.717) is 4.47 Å². The molecule has 6 heteroatoms. The first kappa shape index (κ1) is 16.5. The van der Waals surface area contributed by atoms with Crippen molar-refractivity contribution in [3.05, 3.63) is 21.0 Å². The third-order valence-electron chi connectivity index (χ3n) is 4.21. The molecule has 1 fully saturated rings. The molecule has 1 atom stereocenters. The highest BCUT2D eigenvalue weighted by atomic mass is 79.9. The van der Waals surface area contributed by atoms with Crippen LogP contribution in [0.1, 0.15) is 39.0 Å². The molecule has 0 amide bonds. The molecule has 5 nitrogen and oxygen atoms in total. The van der Waals surface area contributed by atoms with E-state index in [1.807, 2.05) is 0 Å². The monoisotopic (exact) mass is 356 g/mol. The molecular formula is C15H25BrN4O. The van der Waals surface area contributed by atoms with Crippen molar-refractivity contribution in [2.75, 3.05) is 25.0 Å². The summed E-state index contributed by atoms with van der Waals surface area (Å²) >= 11 is 3.33. The first-order chi connectivity index (χ1) is 10.1. The number of aromatic nitrogens is 2. The predicted octanol–water partition coefficient (Wildman–Crippen LogP) is 2.61. The van der Waals surface area contributed by atoms with Gasteiger partial charge in [0.05, 0.1) is 11.9 Å². The topological polar surface area (TPSA) is 50.2 Å². The van der Waals surface area contributed by atoms with Crippen molar-refractivity contribution in [2.24, 2.45) is 7.05 Å². The summed E-state index contributed by atoms with van der Waals surface area (Å²) in [5.74, 6) is 0. The summed E-state index contributed by atoms with van der Waals surface area (Å²) in [7, 11) is 1.65. The molecule has 0 aromatic carbocycles. The lowest BCUT2D eigenvalue weighted by molar-refractivity contribution is 0.158. The Morgan fingerprint density at radius 3 is 3.00 bits per heavy atom. The van der Waals surface area contributed by atoms with Gasteiger partial charge in [-0.3, -0.25) is 4.79 Å². The molecule has 1 aromatic heterocycles. The van der Waals surface area contributed by atoms with Gasteiger partial charge < -0.3 is 10.2 Å². The number of hydrogen-bond acceptors (Lipinski definition) is 4. The lowest BCUT2D eigenvalue weighted by Crippen LogP contribution is -2.38. The fraction of sp³-hybridized carbons (Fsp3) is 0.733. The number of nitrogens with zero attached hydrogens (tertiary/aromatic N) is 3. The maximum atomic E-state index is 11.7. The number of piperidine rings is 1. The Labute approximate surface area is 134 Å². The fourth-order valence-electron chi connectivity index (χ4n) is 2.79. The van der Waals surface area contributed by atoms with E-state index in [1.54, 1.807) is 13.2 Å². The minimum atomic E-state index is -0.109. The SMILES string of the molecule is CC1CCCCN1CCCCNc1cnn(C)c(=O)c1Br. The Bertz CT molecular complexity index is 517. The normalized spacial score (nSPS) is 19.7. The van der Waals surface area contributed by atoms with E-state index < -0.39 is 0 Å². The number of hydrogen-bond donors (Lipinski definition) is 1. The van der Waals surface area contributed by atoms with Crippen LogP contribution >= 0.6 is 15.9 Å². The third kappa shape index (κ3) is 4.54. The van der Waals surface area contributed by atoms with Crippen LogP contribution in [0, 0.1) is 0 Å². The zero-order valence-electron chi connectivity index (χ0n) is 12.9. The lowest BCUT2D eigenvalue weighted by Gasteiger charge is -2.33. The van der Waals surface area contributed by atoms with Gasteiger partial charge in [0.1, 0.15) is 4.47 Å². The van der Waals surface area contributed by atoms with Gasteiger partial charge in [-0.2, -0.15) is 5.10 Å². The number of nitrogens with one attached hydrogen (secondary N) is 1. The van der Waals surface area contributed by atoms with E-state index in [-0.39, 0.29) is 5.56 Å². The second-order valence-corrected chi connectivity index (χ2v) is 6.61. The summed E-state index contributed by atoms with van der Waals surface area (Å²) < 4.78 is 1.89. The van der Waals surface area contributed by atoms with Gasteiger partial charge in [-0.25, -0.2) is 4.68 Å². The Morgan fingerprint density at radius 2 is 2.24 bits per heavy atom. The molecule has 2 rings (SSSR count). The van der Waals surface area contributed by atoms with Crippen LogP contribution in [0.2, 0.25) is 0 Å². The molecule has 1 aromatic rings. The number of aryl methyl sites for hydroxylation is 1. The van der Waals surface area contributed by atoms with Gasteiger partial charge in [-0.05, 0) is 61.6 Å². The smallest absolute Gasteiger partial charge is 0.282 e. The Hall–Kier alpha value is -0.880. The molecule has 1 saturated heterocycles. The summed E-state index contributed by atoms with van der Waals surface area (Å²) in [6, 6.07) is 0.738. The minimum absolute atomic E-state index is 0.109. The highest BCUT2D eigenvalue weighted by Crippen LogP contribution is 2.18. The van der Waals surface area contributed by atoms with Crippen molar-refractivity contribution >= 4 is 21.6 Å². The van der Waals surface area contributed by atoms with Crippen LogP contribution in [0.3, 0.4) is 0 Å². The molecule has 1 aliphatic heterocycles. The van der Waals surface area contributed by atoms with Gasteiger partial charge in [0.15, 0.2) is 0 Å². The predicted molar refractivity (Wildman–Crippen MR) is 89.8 cm³/mol. The highest BCUT2D eigenvalue weighted by Gasteiger charge is 2.17. The van der Waals surface area contributed by atoms with E-state index >= 15 is 0 Å². The molecule has 0 aliphatic carbocycles. The van der Waals surface area contributed by atoms with Crippen molar-refractivity contribution in [3.63, 3.8) is 0 Å². The van der Waals surface area contributed by atoms with E-state index in [0.717, 1.165) is 24.7 Å². The Morgan fingerprint density at radius 1 is 1.43 bits per heavy atom. The van der Waals surface area contributed by atoms with Crippen molar-refractivity contribution in [1.29, 1.82) is 0 Å². The van der Waals surface area contributed by atoms with Crippen LogP contribution < -0.4 is 10.9 Å². The number of unbranched alkanes of at least 4 members (excludes halogenated alkanes) is 1. The maximum Gasteiger partial charge on any atom is 0.282 e. The zero-order chi connectivity index (χ0) is 15.2. The first-order valence-electron chi connectivity index (χ1n) is 7.79. The highest BCUT2D eigenvalue weighted by molar-refractivity contribution is 9.10. The third-order valence-corrected chi connectivity index (χ3v) is 4.97. The van der Waals surface area contributed by atoms with Gasteiger partial charge in [0.25, 0.3) is 5.56 Å². The van der Waals surface area contributed by atoms with Crippen LogP contribution in [0.25, 0.3) is 0 Å². The largest absolute Gasteiger partial charge is 0.383 e. The van der Waals surface area contributed by atoms with E-state index in [2.05, 4.69) is 38.2 Å². The van der Waals surface area contributed by atoms with E-state index in [4.69, 9.17) is 0 Å². The van der Waals surface area contributed by atoms with Gasteiger partial charge >= 0.3 is 0 Å².